The van der Waals surface area contributed by atoms with Crippen LogP contribution in [0, 0.1) is 0 Å². The van der Waals surface area contributed by atoms with Gasteiger partial charge in [-0.3, -0.25) is 4.68 Å². The number of aromatic nitrogens is 2. The van der Waals surface area contributed by atoms with Gasteiger partial charge in [-0.05, 0) is 30.2 Å². The lowest BCUT2D eigenvalue weighted by atomic mass is 10.1. The van der Waals surface area contributed by atoms with E-state index in [-0.39, 0.29) is 0 Å². The van der Waals surface area contributed by atoms with Crippen LogP contribution in [-0.2, 0) is 20.0 Å². The Labute approximate surface area is 107 Å². The first kappa shape index (κ1) is 11.1. The topological polar surface area (TPSA) is 33.1 Å². The Morgan fingerprint density at radius 3 is 3.00 bits per heavy atom. The van der Waals surface area contributed by atoms with Gasteiger partial charge in [-0.2, -0.15) is 5.10 Å². The van der Waals surface area contributed by atoms with Gasteiger partial charge in [0.1, 0.15) is 0 Å². The monoisotopic (exact) mass is 242 g/mol. The summed E-state index contributed by atoms with van der Waals surface area (Å²) in [7, 11) is 4.09. The first-order valence-corrected chi connectivity index (χ1v) is 6.28. The van der Waals surface area contributed by atoms with Crippen molar-refractivity contribution in [2.75, 3.05) is 23.8 Å². The zero-order valence-electron chi connectivity index (χ0n) is 10.8. The molecular weight excluding hydrogens is 224 g/mol. The Morgan fingerprint density at radius 2 is 2.22 bits per heavy atom. The van der Waals surface area contributed by atoms with Crippen LogP contribution in [0.4, 0.5) is 11.4 Å². The molecule has 0 unspecified atom stereocenters. The summed E-state index contributed by atoms with van der Waals surface area (Å²) in [6, 6.07) is 6.61. The average molecular weight is 242 g/mol. The second kappa shape index (κ2) is 4.37. The van der Waals surface area contributed by atoms with E-state index < -0.39 is 0 Å². The van der Waals surface area contributed by atoms with Gasteiger partial charge in [-0.1, -0.05) is 0 Å². The number of nitrogens with one attached hydrogen (secondary N) is 1. The molecule has 4 nitrogen and oxygen atoms in total. The van der Waals surface area contributed by atoms with Crippen LogP contribution in [-0.4, -0.2) is 23.4 Å². The molecule has 1 aromatic carbocycles. The summed E-state index contributed by atoms with van der Waals surface area (Å²) in [6.07, 6.45) is 5.08. The number of hydrogen-bond donors (Lipinski definition) is 1. The van der Waals surface area contributed by atoms with E-state index in [0.717, 1.165) is 19.5 Å². The van der Waals surface area contributed by atoms with Crippen molar-refractivity contribution in [2.24, 2.45) is 7.05 Å². The van der Waals surface area contributed by atoms with Crippen LogP contribution in [0.25, 0.3) is 0 Å². The molecule has 0 aliphatic carbocycles. The Balaban J connectivity index is 1.70. The molecule has 2 heterocycles. The summed E-state index contributed by atoms with van der Waals surface area (Å²) < 4.78 is 1.83. The lowest BCUT2D eigenvalue weighted by molar-refractivity contribution is 0.767. The fourth-order valence-corrected chi connectivity index (χ4v) is 2.44. The first-order chi connectivity index (χ1) is 8.72. The predicted octanol–water partition coefficient (Wildman–Crippen LogP) is 2.02. The van der Waals surface area contributed by atoms with Crippen molar-refractivity contribution >= 4 is 11.4 Å². The molecule has 1 aliphatic heterocycles. The molecule has 3 rings (SSSR count). The molecule has 1 aliphatic rings. The largest absolute Gasteiger partial charge is 0.381 e. The van der Waals surface area contributed by atoms with E-state index >= 15 is 0 Å². The Bertz CT molecular complexity index is 559. The quantitative estimate of drug-likeness (QED) is 0.894. The molecule has 0 spiro atoms. The summed E-state index contributed by atoms with van der Waals surface area (Å²) in [5.74, 6) is 0. The molecule has 0 atom stereocenters. The maximum atomic E-state index is 4.17. The predicted molar refractivity (Wildman–Crippen MR) is 74.0 cm³/mol. The van der Waals surface area contributed by atoms with Gasteiger partial charge in [0.25, 0.3) is 0 Å². The number of fused-ring (bicyclic) bond motifs is 1. The highest BCUT2D eigenvalue weighted by atomic mass is 15.2. The summed E-state index contributed by atoms with van der Waals surface area (Å²) in [6.45, 7) is 1.95. The normalized spacial score (nSPS) is 13.8. The minimum Gasteiger partial charge on any atom is -0.381 e. The van der Waals surface area contributed by atoms with E-state index in [2.05, 4.69) is 40.6 Å². The Morgan fingerprint density at radius 1 is 1.33 bits per heavy atom. The lowest BCUT2D eigenvalue weighted by Crippen LogP contribution is -2.12. The van der Waals surface area contributed by atoms with Crippen molar-refractivity contribution in [3.8, 4) is 0 Å². The van der Waals surface area contributed by atoms with E-state index in [1.54, 1.807) is 0 Å². The van der Waals surface area contributed by atoms with E-state index in [9.17, 15) is 0 Å². The number of hydrogen-bond acceptors (Lipinski definition) is 3. The van der Waals surface area contributed by atoms with Gasteiger partial charge in [0, 0.05) is 50.3 Å². The highest BCUT2D eigenvalue weighted by Crippen LogP contribution is 2.29. The molecular formula is C14H18N4. The highest BCUT2D eigenvalue weighted by molar-refractivity contribution is 5.63. The van der Waals surface area contributed by atoms with Gasteiger partial charge in [0.15, 0.2) is 0 Å². The summed E-state index contributed by atoms with van der Waals surface area (Å²) in [4.78, 5) is 2.31. The van der Waals surface area contributed by atoms with Gasteiger partial charge in [-0.15, -0.1) is 0 Å². The van der Waals surface area contributed by atoms with Gasteiger partial charge >= 0.3 is 0 Å². The second-order valence-corrected chi connectivity index (χ2v) is 4.89. The van der Waals surface area contributed by atoms with Crippen molar-refractivity contribution in [2.45, 2.75) is 13.0 Å². The van der Waals surface area contributed by atoms with Crippen LogP contribution in [0.5, 0.6) is 0 Å². The molecule has 94 valence electrons. The third kappa shape index (κ3) is 2.06. The molecule has 4 heteroatoms. The zero-order chi connectivity index (χ0) is 12.5. The molecule has 1 N–H and O–H groups in total. The van der Waals surface area contributed by atoms with Crippen LogP contribution < -0.4 is 10.2 Å². The third-order valence-electron chi connectivity index (χ3n) is 3.46. The van der Waals surface area contributed by atoms with Crippen molar-refractivity contribution in [3.63, 3.8) is 0 Å². The maximum absolute atomic E-state index is 4.17. The number of likely N-dealkylation sites (N-methyl/N-ethyl adjacent to an activating group) is 1. The summed E-state index contributed by atoms with van der Waals surface area (Å²) in [5, 5.41) is 7.61. The Kier molecular flexibility index (Phi) is 2.70. The number of rotatable bonds is 3. The smallest absolute Gasteiger partial charge is 0.0539 e. The SMILES string of the molecule is CN1CCc2cc(NCc3cnn(C)c3)ccc21. The molecule has 0 saturated heterocycles. The van der Waals surface area contributed by atoms with Crippen LogP contribution in [0.2, 0.25) is 0 Å². The lowest BCUT2D eigenvalue weighted by Gasteiger charge is -2.12. The van der Waals surface area contributed by atoms with Gasteiger partial charge in [0.2, 0.25) is 0 Å². The van der Waals surface area contributed by atoms with E-state index in [4.69, 9.17) is 0 Å². The fourth-order valence-electron chi connectivity index (χ4n) is 2.44. The highest BCUT2D eigenvalue weighted by Gasteiger charge is 2.15. The van der Waals surface area contributed by atoms with Crippen molar-refractivity contribution in [3.05, 3.63) is 41.7 Å². The van der Waals surface area contributed by atoms with E-state index in [1.165, 1.54) is 22.5 Å². The van der Waals surface area contributed by atoms with Crippen LogP contribution in [0.15, 0.2) is 30.6 Å². The van der Waals surface area contributed by atoms with Gasteiger partial charge in [0.05, 0.1) is 6.20 Å². The second-order valence-electron chi connectivity index (χ2n) is 4.89. The van der Waals surface area contributed by atoms with Crippen LogP contribution >= 0.6 is 0 Å². The molecule has 0 amide bonds. The molecule has 0 radical (unpaired) electrons. The number of benzene rings is 1. The van der Waals surface area contributed by atoms with E-state index in [0.29, 0.717) is 0 Å². The number of aryl methyl sites for hydroxylation is 1. The van der Waals surface area contributed by atoms with Crippen LogP contribution in [0.1, 0.15) is 11.1 Å². The van der Waals surface area contributed by atoms with E-state index in [1.807, 2.05) is 24.1 Å². The van der Waals surface area contributed by atoms with Gasteiger partial charge in [-0.25, -0.2) is 0 Å². The summed E-state index contributed by atoms with van der Waals surface area (Å²) >= 11 is 0. The zero-order valence-corrected chi connectivity index (χ0v) is 10.8. The maximum Gasteiger partial charge on any atom is 0.0539 e. The molecule has 2 aromatic rings. The van der Waals surface area contributed by atoms with Crippen LogP contribution in [0.3, 0.4) is 0 Å². The molecule has 1 aromatic heterocycles. The minimum atomic E-state index is 0.822. The molecule has 0 bridgehead atoms. The summed E-state index contributed by atoms with van der Waals surface area (Å²) in [5.41, 5.74) is 5.19. The minimum absolute atomic E-state index is 0.822. The first-order valence-electron chi connectivity index (χ1n) is 6.28. The van der Waals surface area contributed by atoms with Crippen molar-refractivity contribution in [1.82, 2.24) is 9.78 Å². The third-order valence-corrected chi connectivity index (χ3v) is 3.46. The van der Waals surface area contributed by atoms with Gasteiger partial charge < -0.3 is 10.2 Å². The fraction of sp³-hybridized carbons (Fsp3) is 0.357. The van der Waals surface area contributed by atoms with Crippen molar-refractivity contribution < 1.29 is 0 Å². The van der Waals surface area contributed by atoms with Crippen molar-refractivity contribution in [1.29, 1.82) is 0 Å². The average Bonchev–Trinajstić information content (AvgIpc) is 2.94. The molecule has 0 saturated carbocycles. The number of nitrogens with zero attached hydrogens (tertiary/aromatic N) is 3. The number of anilines is 2. The molecule has 18 heavy (non-hydrogen) atoms. The molecule has 0 fully saturated rings. The Hall–Kier alpha value is -1.97. The standard InChI is InChI=1S/C14H18N4/c1-17-6-5-12-7-13(3-4-14(12)17)15-8-11-9-16-18(2)10-11/h3-4,7,9-10,15H,5-6,8H2,1-2H3.